The lowest BCUT2D eigenvalue weighted by Crippen LogP contribution is -2.31. The molecule has 0 saturated carbocycles. The summed E-state index contributed by atoms with van der Waals surface area (Å²) in [5, 5.41) is 5.20. The van der Waals surface area contributed by atoms with Gasteiger partial charge in [0.15, 0.2) is 0 Å². The van der Waals surface area contributed by atoms with Gasteiger partial charge in [0.1, 0.15) is 12.1 Å². The predicted molar refractivity (Wildman–Crippen MR) is 99.5 cm³/mol. The van der Waals surface area contributed by atoms with Gasteiger partial charge in [-0.2, -0.15) is 0 Å². The molecule has 1 N–H and O–H groups in total. The van der Waals surface area contributed by atoms with Crippen LogP contribution in [0.2, 0.25) is 0 Å². The van der Waals surface area contributed by atoms with Crippen molar-refractivity contribution in [1.82, 2.24) is 9.97 Å². The first-order valence-corrected chi connectivity index (χ1v) is 8.13. The second-order valence-electron chi connectivity index (χ2n) is 5.52. The lowest BCUT2D eigenvalue weighted by molar-refractivity contribution is 0.980. The lowest BCUT2D eigenvalue weighted by Gasteiger charge is -2.05. The second-order valence-corrected chi connectivity index (χ2v) is 5.52. The van der Waals surface area contributed by atoms with Crippen LogP contribution in [0.3, 0.4) is 0 Å². The molecule has 0 aliphatic heterocycles. The first kappa shape index (κ1) is 16.9. The standard InChI is InChI=1S/C20H25N3/c1-5-7-8-19-18(20(21-4)23-14-22-19)13-16(6-2)17-11-9-15(3)10-12-17/h6,8-14H,5,7H2,1-4H3,(H,21,22,23)/b16-6+,18-13+,19-8-. The Bertz CT molecular complexity index is 787. The summed E-state index contributed by atoms with van der Waals surface area (Å²) >= 11 is 0. The number of aromatic nitrogens is 2. The highest BCUT2D eigenvalue weighted by molar-refractivity contribution is 5.88. The zero-order valence-corrected chi connectivity index (χ0v) is 14.4. The lowest BCUT2D eigenvalue weighted by atomic mass is 10.0. The molecule has 0 fully saturated rings. The third kappa shape index (κ3) is 4.28. The quantitative estimate of drug-likeness (QED) is 0.921. The minimum absolute atomic E-state index is 0.855. The van der Waals surface area contributed by atoms with Gasteiger partial charge in [-0.1, -0.05) is 55.3 Å². The van der Waals surface area contributed by atoms with E-state index in [1.165, 1.54) is 16.7 Å². The second kappa shape index (κ2) is 8.28. The fourth-order valence-electron chi connectivity index (χ4n) is 2.43. The number of hydrogen-bond acceptors (Lipinski definition) is 3. The smallest absolute Gasteiger partial charge is 0.137 e. The van der Waals surface area contributed by atoms with Crippen molar-refractivity contribution in [3.63, 3.8) is 0 Å². The number of benzene rings is 1. The van der Waals surface area contributed by atoms with Crippen LogP contribution in [0.15, 0.2) is 36.7 Å². The van der Waals surface area contributed by atoms with E-state index in [9.17, 15) is 0 Å². The first-order chi connectivity index (χ1) is 11.2. The van der Waals surface area contributed by atoms with E-state index in [1.807, 2.05) is 7.05 Å². The predicted octanol–water partition coefficient (Wildman–Crippen LogP) is 3.29. The molecule has 0 unspecified atom stereocenters. The van der Waals surface area contributed by atoms with Crippen molar-refractivity contribution in [3.8, 4) is 0 Å². The van der Waals surface area contributed by atoms with Crippen molar-refractivity contribution in [2.24, 2.45) is 0 Å². The van der Waals surface area contributed by atoms with Gasteiger partial charge in [-0.05, 0) is 37.5 Å². The molecule has 3 heteroatoms. The average molecular weight is 307 g/mol. The number of allylic oxidation sites excluding steroid dienone is 2. The number of unbranched alkanes of at least 4 members (excludes halogenated alkanes) is 1. The summed E-state index contributed by atoms with van der Waals surface area (Å²) in [4.78, 5) is 8.82. The van der Waals surface area contributed by atoms with Gasteiger partial charge < -0.3 is 5.32 Å². The van der Waals surface area contributed by atoms with Gasteiger partial charge in [-0.3, -0.25) is 0 Å². The Kier molecular flexibility index (Phi) is 6.10. The van der Waals surface area contributed by atoms with E-state index in [1.54, 1.807) is 6.33 Å². The number of nitrogens with zero attached hydrogens (tertiary/aromatic N) is 2. The first-order valence-electron chi connectivity index (χ1n) is 8.13. The van der Waals surface area contributed by atoms with Crippen molar-refractivity contribution < 1.29 is 0 Å². The van der Waals surface area contributed by atoms with Crippen LogP contribution in [0, 0.1) is 6.92 Å². The summed E-state index contributed by atoms with van der Waals surface area (Å²) < 4.78 is 0. The van der Waals surface area contributed by atoms with Gasteiger partial charge in [-0.25, -0.2) is 9.97 Å². The van der Waals surface area contributed by atoms with Gasteiger partial charge in [0.25, 0.3) is 0 Å². The highest BCUT2D eigenvalue weighted by atomic mass is 15.0. The molecule has 1 aromatic heterocycles. The van der Waals surface area contributed by atoms with E-state index in [2.05, 4.69) is 78.5 Å². The van der Waals surface area contributed by atoms with E-state index < -0.39 is 0 Å². The van der Waals surface area contributed by atoms with E-state index in [4.69, 9.17) is 0 Å². The van der Waals surface area contributed by atoms with Crippen LogP contribution in [0.4, 0.5) is 5.82 Å². The molecule has 1 aromatic carbocycles. The number of hydrogen-bond donors (Lipinski definition) is 1. The molecule has 3 nitrogen and oxygen atoms in total. The molecule has 2 rings (SSSR count). The molecule has 0 radical (unpaired) electrons. The van der Waals surface area contributed by atoms with E-state index >= 15 is 0 Å². The summed E-state index contributed by atoms with van der Waals surface area (Å²) in [7, 11) is 1.89. The molecule has 0 aliphatic rings. The monoisotopic (exact) mass is 307 g/mol. The maximum absolute atomic E-state index is 4.45. The van der Waals surface area contributed by atoms with Gasteiger partial charge in [0.2, 0.25) is 0 Å². The van der Waals surface area contributed by atoms with Gasteiger partial charge in [0, 0.05) is 12.3 Å². The van der Waals surface area contributed by atoms with Gasteiger partial charge in [-0.15, -0.1) is 0 Å². The highest BCUT2D eigenvalue weighted by Gasteiger charge is 2.01. The Balaban J connectivity index is 2.62. The molecule has 120 valence electrons. The summed E-state index contributed by atoms with van der Waals surface area (Å²) in [5.74, 6) is 0.855. The molecule has 0 spiro atoms. The van der Waals surface area contributed by atoms with Crippen LogP contribution in [-0.4, -0.2) is 17.0 Å². The van der Waals surface area contributed by atoms with Crippen LogP contribution < -0.4 is 15.9 Å². The van der Waals surface area contributed by atoms with Gasteiger partial charge in [0.05, 0.1) is 5.35 Å². The van der Waals surface area contributed by atoms with Crippen LogP contribution in [0.5, 0.6) is 0 Å². The fraction of sp³-hybridized carbons (Fsp3) is 0.300. The van der Waals surface area contributed by atoms with Crippen LogP contribution in [0.1, 0.15) is 37.8 Å². The van der Waals surface area contributed by atoms with E-state index in [0.717, 1.165) is 29.2 Å². The van der Waals surface area contributed by atoms with Crippen LogP contribution in [-0.2, 0) is 0 Å². The number of aryl methyl sites for hydroxylation is 1. The zero-order valence-electron chi connectivity index (χ0n) is 14.4. The minimum Gasteiger partial charge on any atom is -0.373 e. The molecule has 1 heterocycles. The molecule has 0 aliphatic carbocycles. The SMILES string of the molecule is C\C=C(/C=c1/c(NC)ncn/c1=C\CCC)c1ccc(C)cc1. The summed E-state index contributed by atoms with van der Waals surface area (Å²) in [6, 6.07) is 8.58. The topological polar surface area (TPSA) is 37.8 Å². The van der Waals surface area contributed by atoms with Crippen molar-refractivity contribution in [2.45, 2.75) is 33.6 Å². The molecule has 23 heavy (non-hydrogen) atoms. The van der Waals surface area contributed by atoms with Crippen molar-refractivity contribution in [3.05, 3.63) is 58.4 Å². The third-order valence-electron chi connectivity index (χ3n) is 3.77. The normalized spacial score (nSPS) is 13.5. The molecular formula is C20H25N3. The Labute approximate surface area is 138 Å². The van der Waals surface area contributed by atoms with Crippen molar-refractivity contribution in [1.29, 1.82) is 0 Å². The highest BCUT2D eigenvalue weighted by Crippen LogP contribution is 2.16. The number of rotatable bonds is 5. The zero-order chi connectivity index (χ0) is 16.7. The Morgan fingerprint density at radius 2 is 1.91 bits per heavy atom. The Morgan fingerprint density at radius 1 is 1.17 bits per heavy atom. The van der Waals surface area contributed by atoms with Gasteiger partial charge >= 0.3 is 0 Å². The molecule has 0 saturated heterocycles. The third-order valence-corrected chi connectivity index (χ3v) is 3.77. The molecule has 0 bridgehead atoms. The molecule has 0 atom stereocenters. The van der Waals surface area contributed by atoms with E-state index in [0.29, 0.717) is 0 Å². The Hall–Kier alpha value is -2.42. The molecule has 2 aromatic rings. The fourth-order valence-corrected chi connectivity index (χ4v) is 2.43. The largest absolute Gasteiger partial charge is 0.373 e. The molecule has 0 amide bonds. The number of anilines is 1. The average Bonchev–Trinajstić information content (AvgIpc) is 2.59. The van der Waals surface area contributed by atoms with Crippen LogP contribution >= 0.6 is 0 Å². The summed E-state index contributed by atoms with van der Waals surface area (Å²) in [6.45, 7) is 6.33. The van der Waals surface area contributed by atoms with E-state index in [-0.39, 0.29) is 0 Å². The van der Waals surface area contributed by atoms with Crippen molar-refractivity contribution in [2.75, 3.05) is 12.4 Å². The summed E-state index contributed by atoms with van der Waals surface area (Å²) in [5.41, 5.74) is 3.63. The minimum atomic E-state index is 0.855. The maximum Gasteiger partial charge on any atom is 0.137 e. The number of nitrogens with one attached hydrogen (secondary N) is 1. The maximum atomic E-state index is 4.45. The summed E-state index contributed by atoms with van der Waals surface area (Å²) in [6.07, 6.45) is 10.2. The van der Waals surface area contributed by atoms with Crippen LogP contribution in [0.25, 0.3) is 17.7 Å². The molecular weight excluding hydrogens is 282 g/mol. The Morgan fingerprint density at radius 3 is 2.52 bits per heavy atom. The van der Waals surface area contributed by atoms with Crippen molar-refractivity contribution >= 4 is 23.5 Å².